The van der Waals surface area contributed by atoms with Crippen LogP contribution in [0.3, 0.4) is 0 Å². The largest absolute Gasteiger partial charge is 0.334 e. The Morgan fingerprint density at radius 3 is 2.83 bits per heavy atom. The number of hydrazine groups is 1. The van der Waals surface area contributed by atoms with Gasteiger partial charge in [0.2, 0.25) is 0 Å². The quantitative estimate of drug-likeness (QED) is 0.798. The lowest BCUT2D eigenvalue weighted by Crippen LogP contribution is -2.35. The molecule has 0 aromatic rings. The van der Waals surface area contributed by atoms with E-state index >= 15 is 0 Å². The summed E-state index contributed by atoms with van der Waals surface area (Å²) >= 11 is 0. The van der Waals surface area contributed by atoms with Gasteiger partial charge in [-0.1, -0.05) is 13.5 Å². The highest BCUT2D eigenvalue weighted by molar-refractivity contribution is 8.93. The molecule has 0 aliphatic carbocycles. The van der Waals surface area contributed by atoms with Gasteiger partial charge < -0.3 is 4.90 Å². The molecule has 0 saturated carbocycles. The van der Waals surface area contributed by atoms with E-state index in [1.165, 1.54) is 0 Å². The van der Waals surface area contributed by atoms with Gasteiger partial charge in [-0.3, -0.25) is 5.01 Å². The number of nitrogens with one attached hydrogen (secondary N) is 1. The van der Waals surface area contributed by atoms with E-state index in [2.05, 4.69) is 18.9 Å². The highest BCUT2D eigenvalue weighted by Crippen LogP contribution is 2.02. The Kier molecular flexibility index (Phi) is 5.84. The van der Waals surface area contributed by atoms with Crippen LogP contribution in [-0.2, 0) is 0 Å². The maximum Gasteiger partial charge on any atom is 0.108 e. The van der Waals surface area contributed by atoms with Crippen LogP contribution in [-0.4, -0.2) is 23.1 Å². The second-order valence-corrected chi connectivity index (χ2v) is 2.51. The van der Waals surface area contributed by atoms with Crippen LogP contribution >= 0.6 is 17.0 Å². The molecule has 0 aromatic carbocycles. The van der Waals surface area contributed by atoms with Crippen LogP contribution in [0, 0.1) is 0 Å². The second kappa shape index (κ2) is 6.08. The van der Waals surface area contributed by atoms with Gasteiger partial charge in [-0.05, 0) is 12.6 Å². The fraction of sp³-hybridized carbons (Fsp3) is 0.500. The molecule has 1 aliphatic rings. The van der Waals surface area contributed by atoms with Crippen LogP contribution < -0.4 is 5.43 Å². The number of hydrogen-bond acceptors (Lipinski definition) is 3. The first kappa shape index (κ1) is 11.5. The zero-order valence-corrected chi connectivity index (χ0v) is 9.08. The highest BCUT2D eigenvalue weighted by Gasteiger charge is 2.06. The molecule has 0 unspecified atom stereocenters. The summed E-state index contributed by atoms with van der Waals surface area (Å²) in [6, 6.07) is 0. The molecule has 12 heavy (non-hydrogen) atoms. The minimum Gasteiger partial charge on any atom is -0.334 e. The van der Waals surface area contributed by atoms with Crippen molar-refractivity contribution in [3.8, 4) is 0 Å². The van der Waals surface area contributed by atoms with E-state index in [-0.39, 0.29) is 17.0 Å². The maximum absolute atomic E-state index is 3.68. The van der Waals surface area contributed by atoms with Crippen LogP contribution in [0.5, 0.6) is 0 Å². The topological polar surface area (TPSA) is 18.5 Å². The third-order valence-electron chi connectivity index (χ3n) is 1.55. The van der Waals surface area contributed by atoms with Crippen molar-refractivity contribution in [2.24, 2.45) is 0 Å². The first-order valence-corrected chi connectivity index (χ1v) is 3.93. The molecule has 0 aromatic heterocycles. The number of rotatable bonds is 4. The summed E-state index contributed by atoms with van der Waals surface area (Å²) in [5.74, 6) is 0. The van der Waals surface area contributed by atoms with Crippen molar-refractivity contribution in [2.75, 3.05) is 13.2 Å². The fourth-order valence-corrected chi connectivity index (χ4v) is 0.913. The standard InChI is InChI=1S/C8H15N3.BrH/c1-3-5-9-11-7-6-10(4-2)8-11;/h4,6-7,9H,2-3,5,8H2,1H3;1H. The molecule has 0 atom stereocenters. The molecule has 1 N–H and O–H groups in total. The summed E-state index contributed by atoms with van der Waals surface area (Å²) in [5, 5.41) is 2.05. The van der Waals surface area contributed by atoms with Gasteiger partial charge in [-0.25, -0.2) is 5.43 Å². The summed E-state index contributed by atoms with van der Waals surface area (Å²) in [7, 11) is 0. The predicted molar refractivity (Wildman–Crippen MR) is 56.5 cm³/mol. The van der Waals surface area contributed by atoms with E-state index in [0.29, 0.717) is 0 Å². The Bertz CT molecular complexity index is 158. The highest BCUT2D eigenvalue weighted by atomic mass is 79.9. The maximum atomic E-state index is 3.68. The first-order chi connectivity index (χ1) is 5.36. The molecule has 4 heteroatoms. The fourth-order valence-electron chi connectivity index (χ4n) is 0.913. The minimum atomic E-state index is 0. The molecule has 0 amide bonds. The van der Waals surface area contributed by atoms with Crippen LogP contribution in [0.15, 0.2) is 25.2 Å². The molecular formula is C8H16BrN3. The first-order valence-electron chi connectivity index (χ1n) is 3.93. The number of nitrogens with zero attached hydrogens (tertiary/aromatic N) is 2. The lowest BCUT2D eigenvalue weighted by molar-refractivity contribution is 0.235. The van der Waals surface area contributed by atoms with E-state index in [1.54, 1.807) is 0 Å². The Balaban J connectivity index is 0.00000121. The Morgan fingerprint density at radius 1 is 1.58 bits per heavy atom. The van der Waals surface area contributed by atoms with Crippen LogP contribution in [0.1, 0.15) is 13.3 Å². The van der Waals surface area contributed by atoms with Crippen LogP contribution in [0.25, 0.3) is 0 Å². The van der Waals surface area contributed by atoms with Gasteiger partial charge in [0.25, 0.3) is 0 Å². The van der Waals surface area contributed by atoms with E-state index < -0.39 is 0 Å². The molecule has 1 heterocycles. The summed E-state index contributed by atoms with van der Waals surface area (Å²) < 4.78 is 0. The molecule has 1 rings (SSSR count). The van der Waals surface area contributed by atoms with Gasteiger partial charge in [-0.2, -0.15) is 0 Å². The molecule has 0 bridgehead atoms. The van der Waals surface area contributed by atoms with Crippen LogP contribution in [0.4, 0.5) is 0 Å². The summed E-state index contributed by atoms with van der Waals surface area (Å²) in [4.78, 5) is 2.02. The molecule has 0 fully saturated rings. The third-order valence-corrected chi connectivity index (χ3v) is 1.55. The normalized spacial score (nSPS) is 14.8. The summed E-state index contributed by atoms with van der Waals surface area (Å²) in [6.45, 7) is 7.72. The zero-order chi connectivity index (χ0) is 8.10. The zero-order valence-electron chi connectivity index (χ0n) is 7.36. The average molecular weight is 234 g/mol. The van der Waals surface area contributed by atoms with Crippen LogP contribution in [0.2, 0.25) is 0 Å². The molecule has 0 saturated heterocycles. The Morgan fingerprint density at radius 2 is 2.33 bits per heavy atom. The van der Waals surface area contributed by atoms with Crippen molar-refractivity contribution in [3.05, 3.63) is 25.2 Å². The molecular weight excluding hydrogens is 218 g/mol. The van der Waals surface area contributed by atoms with E-state index in [1.807, 2.05) is 28.5 Å². The SMILES string of the molecule is Br.C=CN1C=CN(NCCC)C1. The van der Waals surface area contributed by atoms with Crippen molar-refractivity contribution in [2.45, 2.75) is 13.3 Å². The number of halogens is 1. The average Bonchev–Trinajstić information content (AvgIpc) is 2.48. The monoisotopic (exact) mass is 233 g/mol. The van der Waals surface area contributed by atoms with Gasteiger partial charge in [0.15, 0.2) is 0 Å². The minimum absolute atomic E-state index is 0. The van der Waals surface area contributed by atoms with Gasteiger partial charge in [-0.15, -0.1) is 17.0 Å². The van der Waals surface area contributed by atoms with Crippen molar-refractivity contribution in [1.82, 2.24) is 15.3 Å². The van der Waals surface area contributed by atoms with Gasteiger partial charge >= 0.3 is 0 Å². The Hall–Kier alpha value is -0.480. The van der Waals surface area contributed by atoms with Crippen molar-refractivity contribution >= 4 is 17.0 Å². The van der Waals surface area contributed by atoms with Crippen molar-refractivity contribution in [3.63, 3.8) is 0 Å². The molecule has 0 spiro atoms. The summed E-state index contributed by atoms with van der Waals surface area (Å²) in [5.41, 5.74) is 3.25. The third kappa shape index (κ3) is 3.28. The molecule has 70 valence electrons. The molecule has 1 aliphatic heterocycles. The van der Waals surface area contributed by atoms with Crippen molar-refractivity contribution < 1.29 is 0 Å². The lowest BCUT2D eigenvalue weighted by Gasteiger charge is -2.18. The van der Waals surface area contributed by atoms with Gasteiger partial charge in [0, 0.05) is 18.9 Å². The van der Waals surface area contributed by atoms with E-state index in [4.69, 9.17) is 0 Å². The number of hydrogen-bond donors (Lipinski definition) is 1. The molecule has 0 radical (unpaired) electrons. The van der Waals surface area contributed by atoms with E-state index in [9.17, 15) is 0 Å². The van der Waals surface area contributed by atoms with Gasteiger partial charge in [0.05, 0.1) is 0 Å². The Labute approximate surface area is 84.5 Å². The predicted octanol–water partition coefficient (Wildman–Crippen LogP) is 1.67. The second-order valence-electron chi connectivity index (χ2n) is 2.51. The van der Waals surface area contributed by atoms with Crippen molar-refractivity contribution in [1.29, 1.82) is 0 Å². The molecule has 3 nitrogen and oxygen atoms in total. The van der Waals surface area contributed by atoms with E-state index in [0.717, 1.165) is 19.6 Å². The van der Waals surface area contributed by atoms with Gasteiger partial charge in [0.1, 0.15) is 6.67 Å². The lowest BCUT2D eigenvalue weighted by atomic mass is 10.5. The smallest absolute Gasteiger partial charge is 0.108 e. The summed E-state index contributed by atoms with van der Waals surface area (Å²) in [6.07, 6.45) is 6.97.